The normalized spacial score (nSPS) is 29.1. The zero-order chi connectivity index (χ0) is 15.1. The van der Waals surface area contributed by atoms with E-state index in [1.54, 1.807) is 12.3 Å². The number of H-pyrrole nitrogens is 1. The molecule has 0 aliphatic carbocycles. The smallest absolute Gasteiger partial charge is 0.255 e. The lowest BCUT2D eigenvalue weighted by Crippen LogP contribution is -2.33. The number of nitrogens with zero attached hydrogens (tertiary/aromatic N) is 1. The molecule has 3 rings (SSSR count). The van der Waals surface area contributed by atoms with Crippen LogP contribution in [0.15, 0.2) is 23.1 Å². The third-order valence-corrected chi connectivity index (χ3v) is 3.85. The zero-order valence-electron chi connectivity index (χ0n) is 11.4. The minimum atomic E-state index is -1.27. The molecule has 4 atom stereocenters. The van der Waals surface area contributed by atoms with Crippen molar-refractivity contribution in [2.24, 2.45) is 0 Å². The average molecular weight is 292 g/mol. The van der Waals surface area contributed by atoms with Gasteiger partial charge in [-0.2, -0.15) is 0 Å². The van der Waals surface area contributed by atoms with Gasteiger partial charge in [-0.25, -0.2) is 4.98 Å². The quantitative estimate of drug-likeness (QED) is 0.586. The number of hydrogen-bond acceptors (Lipinski definition) is 6. The summed E-state index contributed by atoms with van der Waals surface area (Å²) in [5.41, 5.74) is 1.15. The van der Waals surface area contributed by atoms with Crippen LogP contribution >= 0.6 is 0 Å². The number of pyridine rings is 2. The highest BCUT2D eigenvalue weighted by Gasteiger charge is 2.44. The van der Waals surface area contributed by atoms with Gasteiger partial charge in [0, 0.05) is 17.1 Å². The van der Waals surface area contributed by atoms with Crippen molar-refractivity contribution in [3.8, 4) is 0 Å². The van der Waals surface area contributed by atoms with Gasteiger partial charge in [0.25, 0.3) is 5.56 Å². The van der Waals surface area contributed by atoms with E-state index >= 15 is 0 Å². The van der Waals surface area contributed by atoms with E-state index in [1.165, 1.54) is 0 Å². The molecule has 0 spiro atoms. The van der Waals surface area contributed by atoms with Crippen molar-refractivity contribution in [1.82, 2.24) is 9.97 Å². The van der Waals surface area contributed by atoms with Gasteiger partial charge in [-0.15, -0.1) is 0 Å². The van der Waals surface area contributed by atoms with Gasteiger partial charge in [-0.3, -0.25) is 4.79 Å². The predicted molar refractivity (Wildman–Crippen MR) is 73.8 cm³/mol. The predicted octanol–water partition coefficient (Wildman–Crippen LogP) is -0.614. The number of aliphatic hydroxyl groups excluding tert-OH is 3. The molecular weight excluding hydrogens is 276 g/mol. The second-order valence-corrected chi connectivity index (χ2v) is 5.20. The molecule has 2 aromatic rings. The van der Waals surface area contributed by atoms with Gasteiger partial charge in [0.05, 0.1) is 6.61 Å². The van der Waals surface area contributed by atoms with Gasteiger partial charge in [0.2, 0.25) is 0 Å². The molecule has 2 aromatic heterocycles. The summed E-state index contributed by atoms with van der Waals surface area (Å²) in [6.45, 7) is 1.45. The van der Waals surface area contributed by atoms with Gasteiger partial charge in [0.1, 0.15) is 30.1 Å². The number of aryl methyl sites for hydroxylation is 1. The molecule has 0 bridgehead atoms. The number of aliphatic hydroxyl groups is 3. The van der Waals surface area contributed by atoms with Crippen molar-refractivity contribution < 1.29 is 20.1 Å². The van der Waals surface area contributed by atoms with E-state index in [0.29, 0.717) is 5.65 Å². The van der Waals surface area contributed by atoms with E-state index in [1.807, 2.05) is 13.0 Å². The van der Waals surface area contributed by atoms with Crippen molar-refractivity contribution in [2.75, 3.05) is 6.61 Å². The molecule has 3 heterocycles. The summed E-state index contributed by atoms with van der Waals surface area (Å²) in [5.74, 6) is 0. The lowest BCUT2D eigenvalue weighted by atomic mass is 10.0. The van der Waals surface area contributed by atoms with Crippen molar-refractivity contribution in [1.29, 1.82) is 0 Å². The van der Waals surface area contributed by atoms with Crippen LogP contribution in [0.3, 0.4) is 0 Å². The molecule has 1 aliphatic rings. The fourth-order valence-corrected chi connectivity index (χ4v) is 2.62. The molecule has 4 N–H and O–H groups in total. The molecule has 112 valence electrons. The Labute approximate surface area is 119 Å². The molecule has 1 saturated heterocycles. The van der Waals surface area contributed by atoms with E-state index < -0.39 is 36.6 Å². The van der Waals surface area contributed by atoms with Gasteiger partial charge in [-0.05, 0) is 24.6 Å². The number of rotatable bonds is 2. The van der Waals surface area contributed by atoms with E-state index in [-0.39, 0.29) is 5.56 Å². The van der Waals surface area contributed by atoms with Crippen LogP contribution in [0.25, 0.3) is 11.0 Å². The monoisotopic (exact) mass is 292 g/mol. The number of ether oxygens (including phenoxy) is 1. The molecule has 0 aromatic carbocycles. The standard InChI is InChI=1S/C14H16N2O5/c1-6-2-3-15-13-7(6)4-8(14(20)16-13)12-11(19)10(18)9(5-17)21-12/h2-4,9-12,17-19H,5H2,1H3,(H,15,16,20)/t9-,10?,11?,12+/m1/s1. The Balaban J connectivity index is 2.11. The largest absolute Gasteiger partial charge is 0.394 e. The molecule has 0 saturated carbocycles. The van der Waals surface area contributed by atoms with Crippen LogP contribution in [0.1, 0.15) is 17.2 Å². The van der Waals surface area contributed by atoms with Gasteiger partial charge < -0.3 is 25.0 Å². The van der Waals surface area contributed by atoms with Crippen LogP contribution in [0, 0.1) is 6.92 Å². The van der Waals surface area contributed by atoms with Gasteiger partial charge >= 0.3 is 0 Å². The number of hydrogen-bond donors (Lipinski definition) is 4. The number of fused-ring (bicyclic) bond motifs is 1. The minimum absolute atomic E-state index is 0.209. The highest BCUT2D eigenvalue weighted by Crippen LogP contribution is 2.32. The Morgan fingerprint density at radius 2 is 2.14 bits per heavy atom. The summed E-state index contributed by atoms with van der Waals surface area (Å²) in [4.78, 5) is 18.9. The van der Waals surface area contributed by atoms with E-state index in [9.17, 15) is 15.0 Å². The van der Waals surface area contributed by atoms with Crippen LogP contribution in [-0.2, 0) is 4.74 Å². The maximum absolute atomic E-state index is 12.1. The molecule has 1 fully saturated rings. The Morgan fingerprint density at radius 1 is 1.38 bits per heavy atom. The average Bonchev–Trinajstić information content (AvgIpc) is 2.75. The summed E-state index contributed by atoms with van der Waals surface area (Å²) in [6, 6.07) is 3.42. The Bertz CT molecular complexity index is 729. The molecule has 7 nitrogen and oxygen atoms in total. The number of aromatic nitrogens is 2. The maximum Gasteiger partial charge on any atom is 0.255 e. The molecule has 1 aliphatic heterocycles. The third-order valence-electron chi connectivity index (χ3n) is 3.85. The fraction of sp³-hybridized carbons (Fsp3) is 0.429. The summed E-state index contributed by atoms with van der Waals surface area (Å²) < 4.78 is 5.40. The van der Waals surface area contributed by atoms with Gasteiger partial charge in [0.15, 0.2) is 0 Å². The highest BCUT2D eigenvalue weighted by atomic mass is 16.6. The summed E-state index contributed by atoms with van der Waals surface area (Å²) in [7, 11) is 0. The molecule has 0 radical (unpaired) electrons. The first-order chi connectivity index (χ1) is 10.0. The lowest BCUT2D eigenvalue weighted by Gasteiger charge is -2.15. The zero-order valence-corrected chi connectivity index (χ0v) is 11.4. The second-order valence-electron chi connectivity index (χ2n) is 5.20. The summed E-state index contributed by atoms with van der Waals surface area (Å²) >= 11 is 0. The SMILES string of the molecule is Cc1ccnc2[nH]c(=O)c([C@@H]3O[C@H](CO)C(O)C3O)cc12. The lowest BCUT2D eigenvalue weighted by molar-refractivity contribution is -0.0231. The van der Waals surface area contributed by atoms with Crippen molar-refractivity contribution in [2.45, 2.75) is 31.3 Å². The highest BCUT2D eigenvalue weighted by molar-refractivity contribution is 5.78. The minimum Gasteiger partial charge on any atom is -0.394 e. The van der Waals surface area contributed by atoms with Gasteiger partial charge in [-0.1, -0.05) is 0 Å². The molecule has 7 heteroatoms. The molecule has 0 amide bonds. The van der Waals surface area contributed by atoms with Crippen molar-refractivity contribution >= 4 is 11.0 Å². The Kier molecular flexibility index (Phi) is 3.50. The van der Waals surface area contributed by atoms with Crippen LogP contribution in [0.2, 0.25) is 0 Å². The van der Waals surface area contributed by atoms with Crippen LogP contribution in [0.4, 0.5) is 0 Å². The number of nitrogens with one attached hydrogen (secondary N) is 1. The first-order valence-corrected chi connectivity index (χ1v) is 6.64. The third kappa shape index (κ3) is 2.24. The van der Waals surface area contributed by atoms with E-state index in [0.717, 1.165) is 10.9 Å². The molecule has 2 unspecified atom stereocenters. The van der Waals surface area contributed by atoms with E-state index in [4.69, 9.17) is 9.84 Å². The fourth-order valence-electron chi connectivity index (χ4n) is 2.62. The molecular formula is C14H16N2O5. The van der Waals surface area contributed by atoms with Crippen LogP contribution < -0.4 is 5.56 Å². The van der Waals surface area contributed by atoms with Crippen molar-refractivity contribution in [3.63, 3.8) is 0 Å². The number of aromatic amines is 1. The topological polar surface area (TPSA) is 116 Å². The summed E-state index contributed by atoms with van der Waals surface area (Å²) in [6.07, 6.45) is -2.79. The second kappa shape index (κ2) is 5.19. The Hall–Kier alpha value is -1.80. The summed E-state index contributed by atoms with van der Waals surface area (Å²) in [5, 5.41) is 29.7. The maximum atomic E-state index is 12.1. The first-order valence-electron chi connectivity index (χ1n) is 6.64. The first kappa shape index (κ1) is 14.2. The van der Waals surface area contributed by atoms with Crippen molar-refractivity contribution in [3.05, 3.63) is 39.8 Å². The van der Waals surface area contributed by atoms with Crippen LogP contribution in [0.5, 0.6) is 0 Å². The Morgan fingerprint density at radius 3 is 2.81 bits per heavy atom. The van der Waals surface area contributed by atoms with E-state index in [2.05, 4.69) is 9.97 Å². The molecule has 21 heavy (non-hydrogen) atoms. The van der Waals surface area contributed by atoms with Crippen LogP contribution in [-0.4, -0.2) is 50.2 Å².